The van der Waals surface area contributed by atoms with Crippen LogP contribution in [-0.4, -0.2) is 35.3 Å². The minimum atomic E-state index is -0.686. The van der Waals surface area contributed by atoms with Gasteiger partial charge in [-0.25, -0.2) is 0 Å². The number of nitrogens with one attached hydrogen (secondary N) is 4. The lowest BCUT2D eigenvalue weighted by atomic mass is 10.0. The molecule has 0 radical (unpaired) electrons. The van der Waals surface area contributed by atoms with Crippen LogP contribution in [0.2, 0.25) is 0 Å². The fourth-order valence-electron chi connectivity index (χ4n) is 3.28. The molecule has 0 bridgehead atoms. The molecular formula is C23H31IN4O3S. The van der Waals surface area contributed by atoms with Gasteiger partial charge in [-0.3, -0.25) is 19.1 Å². The van der Waals surface area contributed by atoms with E-state index in [9.17, 15) is 14.4 Å². The zero-order valence-corrected chi connectivity index (χ0v) is 21.8. The second-order valence-corrected chi connectivity index (χ2v) is 10.5. The van der Waals surface area contributed by atoms with Gasteiger partial charge in [-0.2, -0.15) is 0 Å². The molecular weight excluding hydrogens is 539 g/mol. The number of fused-ring (bicyclic) bond motifs is 1. The van der Waals surface area contributed by atoms with Crippen molar-refractivity contribution < 1.29 is 14.4 Å². The second kappa shape index (κ2) is 12.4. The van der Waals surface area contributed by atoms with Gasteiger partial charge in [-0.05, 0) is 53.2 Å². The van der Waals surface area contributed by atoms with Gasteiger partial charge >= 0.3 is 0 Å². The number of hydrogen-bond donors (Lipinski definition) is 4. The van der Waals surface area contributed by atoms with Crippen molar-refractivity contribution in [3.05, 3.63) is 48.0 Å². The zero-order chi connectivity index (χ0) is 23.7. The number of amides is 3. The molecule has 0 aromatic heterocycles. The third kappa shape index (κ3) is 8.95. The van der Waals surface area contributed by atoms with Crippen LogP contribution in [0.3, 0.4) is 0 Å². The minimum Gasteiger partial charge on any atom is -0.351 e. The number of halogens is 1. The number of carbonyl (C=O) groups excluding carboxylic acids is 3. The Labute approximate surface area is 206 Å². The normalized spacial score (nSPS) is 13.3. The van der Waals surface area contributed by atoms with E-state index in [-0.39, 0.29) is 42.1 Å². The highest BCUT2D eigenvalue weighted by molar-refractivity contribution is 14.2. The molecule has 0 saturated heterocycles. The van der Waals surface area contributed by atoms with Crippen LogP contribution in [-0.2, 0) is 20.9 Å². The fraction of sp³-hybridized carbons (Fsp3) is 0.435. The minimum absolute atomic E-state index is 0.0918. The molecule has 2 aromatic rings. The van der Waals surface area contributed by atoms with Crippen molar-refractivity contribution in [3.8, 4) is 0 Å². The molecule has 0 aliphatic carbocycles. The fourth-order valence-corrected chi connectivity index (χ4v) is 4.65. The van der Waals surface area contributed by atoms with Gasteiger partial charge in [0.15, 0.2) is 0 Å². The first kappa shape index (κ1) is 26.4. The Morgan fingerprint density at radius 1 is 1.00 bits per heavy atom. The molecule has 0 saturated carbocycles. The summed E-state index contributed by atoms with van der Waals surface area (Å²) in [6.07, 6.45) is 0.261. The first-order chi connectivity index (χ1) is 15.1. The third-order valence-corrected chi connectivity index (χ3v) is 5.88. The van der Waals surface area contributed by atoms with Gasteiger partial charge in [0, 0.05) is 52.2 Å². The highest BCUT2D eigenvalue weighted by atomic mass is 127. The maximum Gasteiger partial charge on any atom is 0.242 e. The van der Waals surface area contributed by atoms with Crippen LogP contribution < -0.4 is 20.7 Å². The predicted molar refractivity (Wildman–Crippen MR) is 139 cm³/mol. The smallest absolute Gasteiger partial charge is 0.242 e. The summed E-state index contributed by atoms with van der Waals surface area (Å²) in [7, 11) is 1.32. The molecule has 2 rings (SSSR count). The van der Waals surface area contributed by atoms with E-state index in [0.29, 0.717) is 6.54 Å². The average Bonchev–Trinajstić information content (AvgIpc) is 2.70. The summed E-state index contributed by atoms with van der Waals surface area (Å²) >= 11 is 2.06. The van der Waals surface area contributed by atoms with Crippen molar-refractivity contribution in [2.75, 3.05) is 0 Å². The topological polar surface area (TPSA) is 99.3 Å². The van der Waals surface area contributed by atoms with Crippen molar-refractivity contribution in [2.45, 2.75) is 64.7 Å². The lowest BCUT2D eigenvalue weighted by Gasteiger charge is -2.23. The summed E-state index contributed by atoms with van der Waals surface area (Å²) in [5, 5.41) is 10.7. The predicted octanol–water partition coefficient (Wildman–Crippen LogP) is 3.61. The Kier molecular flexibility index (Phi) is 10.2. The van der Waals surface area contributed by atoms with Crippen molar-refractivity contribution in [1.82, 2.24) is 20.7 Å². The largest absolute Gasteiger partial charge is 0.351 e. The van der Waals surface area contributed by atoms with E-state index in [1.165, 1.54) is 9.12 Å². The quantitative estimate of drug-likeness (QED) is 0.259. The highest BCUT2D eigenvalue weighted by Gasteiger charge is 2.22. The lowest BCUT2D eigenvalue weighted by molar-refractivity contribution is -0.129. The SMILES string of the molecule is C[C@H](NC(=O)C[C@@H](CC(=O)NC(C)(C)C)NSI)C(=O)NCc1cccc2ccccc12. The van der Waals surface area contributed by atoms with Crippen molar-refractivity contribution in [2.24, 2.45) is 0 Å². The Hall–Kier alpha value is -1.85. The summed E-state index contributed by atoms with van der Waals surface area (Å²) in [5.41, 5.74) is 0.682. The van der Waals surface area contributed by atoms with Crippen molar-refractivity contribution in [1.29, 1.82) is 0 Å². The molecule has 0 fully saturated rings. The van der Waals surface area contributed by atoms with Gasteiger partial charge in [0.1, 0.15) is 6.04 Å². The van der Waals surface area contributed by atoms with E-state index in [4.69, 9.17) is 0 Å². The zero-order valence-electron chi connectivity index (χ0n) is 18.8. The standard InChI is InChI=1S/C23H31IN4O3S/c1-15(22(31)25-14-17-10-7-9-16-8-5-6-11-19(16)17)26-20(29)12-18(28-32-24)13-21(30)27-23(2,3)4/h5-11,15,18,28H,12-14H2,1-4H3,(H,25,31)(H,26,29)(H,27,30)/t15-,18-/m0/s1. The monoisotopic (exact) mass is 570 g/mol. The van der Waals surface area contributed by atoms with Gasteiger partial charge in [-0.1, -0.05) is 42.5 Å². The van der Waals surface area contributed by atoms with Crippen LogP contribution in [0.4, 0.5) is 0 Å². The van der Waals surface area contributed by atoms with Crippen LogP contribution in [0, 0.1) is 0 Å². The summed E-state index contributed by atoms with van der Waals surface area (Å²) in [5.74, 6) is -0.678. The third-order valence-electron chi connectivity index (χ3n) is 4.69. The number of hydrogen-bond acceptors (Lipinski definition) is 5. The molecule has 3 amide bonds. The van der Waals surface area contributed by atoms with Crippen molar-refractivity contribution in [3.63, 3.8) is 0 Å². The number of rotatable bonds is 10. The van der Waals surface area contributed by atoms with Crippen LogP contribution in [0.25, 0.3) is 10.8 Å². The van der Waals surface area contributed by atoms with E-state index in [1.54, 1.807) is 6.92 Å². The highest BCUT2D eigenvalue weighted by Crippen LogP contribution is 2.18. The van der Waals surface area contributed by atoms with Crippen LogP contribution in [0.15, 0.2) is 42.5 Å². The second-order valence-electron chi connectivity index (χ2n) is 8.74. The summed E-state index contributed by atoms with van der Waals surface area (Å²) in [4.78, 5) is 37.2. The first-order valence-electron chi connectivity index (χ1n) is 10.5. The van der Waals surface area contributed by atoms with Crippen molar-refractivity contribution >= 4 is 58.8 Å². The Bertz CT molecular complexity index is 943. The van der Waals surface area contributed by atoms with Gasteiger partial charge < -0.3 is 16.0 Å². The summed E-state index contributed by atoms with van der Waals surface area (Å²) < 4.78 is 3.08. The van der Waals surface area contributed by atoms with Crippen LogP contribution in [0.5, 0.6) is 0 Å². The van der Waals surface area contributed by atoms with E-state index in [0.717, 1.165) is 16.3 Å². The van der Waals surface area contributed by atoms with Gasteiger partial charge in [0.05, 0.1) is 0 Å². The number of benzene rings is 2. The molecule has 7 nitrogen and oxygen atoms in total. The molecule has 4 N–H and O–H groups in total. The molecule has 0 heterocycles. The molecule has 0 spiro atoms. The van der Waals surface area contributed by atoms with E-state index in [1.807, 2.05) is 63.2 Å². The van der Waals surface area contributed by atoms with Gasteiger partial charge in [0.2, 0.25) is 17.7 Å². The first-order valence-corrected chi connectivity index (χ1v) is 13.8. The molecule has 2 aromatic carbocycles. The van der Waals surface area contributed by atoms with E-state index >= 15 is 0 Å². The molecule has 2 atom stereocenters. The molecule has 0 unspecified atom stereocenters. The van der Waals surface area contributed by atoms with Gasteiger partial charge in [-0.15, -0.1) is 0 Å². The average molecular weight is 570 g/mol. The maximum atomic E-state index is 12.5. The van der Waals surface area contributed by atoms with E-state index < -0.39 is 6.04 Å². The maximum absolute atomic E-state index is 12.5. The Morgan fingerprint density at radius 2 is 1.66 bits per heavy atom. The van der Waals surface area contributed by atoms with E-state index in [2.05, 4.69) is 41.9 Å². The summed E-state index contributed by atoms with van der Waals surface area (Å²) in [6.45, 7) is 7.75. The molecule has 0 aliphatic heterocycles. The summed E-state index contributed by atoms with van der Waals surface area (Å²) in [6, 6.07) is 12.9. The molecule has 0 aliphatic rings. The Balaban J connectivity index is 1.86. The molecule has 9 heteroatoms. The number of carbonyl (C=O) groups is 3. The lowest BCUT2D eigenvalue weighted by Crippen LogP contribution is -2.47. The molecule has 32 heavy (non-hydrogen) atoms. The molecule has 174 valence electrons. The Morgan fingerprint density at radius 3 is 2.34 bits per heavy atom. The van der Waals surface area contributed by atoms with Crippen LogP contribution >= 0.6 is 30.3 Å². The van der Waals surface area contributed by atoms with Crippen LogP contribution in [0.1, 0.15) is 46.1 Å². The van der Waals surface area contributed by atoms with Gasteiger partial charge in [0.25, 0.3) is 0 Å².